The summed E-state index contributed by atoms with van der Waals surface area (Å²) in [5, 5.41) is 5.16. The predicted molar refractivity (Wildman–Crippen MR) is 87.3 cm³/mol. The lowest BCUT2D eigenvalue weighted by atomic mass is 10.2. The minimum atomic E-state index is -0.694. The van der Waals surface area contributed by atoms with Crippen molar-refractivity contribution in [3.05, 3.63) is 58.1 Å². The summed E-state index contributed by atoms with van der Waals surface area (Å²) in [6.07, 6.45) is 0. The highest BCUT2D eigenvalue weighted by atomic mass is 79.9. The second kappa shape index (κ2) is 6.54. The Morgan fingerprint density at radius 1 is 0.905 bits per heavy atom. The maximum Gasteiger partial charge on any atom is 0.314 e. The summed E-state index contributed by atoms with van der Waals surface area (Å²) in [6.45, 7) is 3.81. The lowest BCUT2D eigenvalue weighted by molar-refractivity contribution is -0.133. The van der Waals surface area contributed by atoms with E-state index in [1.807, 2.05) is 32.0 Å². The summed E-state index contributed by atoms with van der Waals surface area (Å²) in [4.78, 5) is 23.7. The SMILES string of the molecule is Cc1ccc(NC(=O)C(=O)Nc2ccc(Br)cc2C)cc1. The number of hydrogen-bond donors (Lipinski definition) is 2. The molecule has 0 saturated carbocycles. The molecule has 0 spiro atoms. The van der Waals surface area contributed by atoms with Crippen LogP contribution < -0.4 is 10.6 Å². The van der Waals surface area contributed by atoms with Crippen LogP contribution in [0, 0.1) is 13.8 Å². The van der Waals surface area contributed by atoms with E-state index in [0.29, 0.717) is 11.4 Å². The summed E-state index contributed by atoms with van der Waals surface area (Å²) < 4.78 is 0.919. The summed E-state index contributed by atoms with van der Waals surface area (Å²) in [6, 6.07) is 12.7. The third-order valence-corrected chi connectivity index (χ3v) is 3.45. The number of benzene rings is 2. The van der Waals surface area contributed by atoms with Crippen molar-refractivity contribution >= 4 is 39.1 Å². The maximum atomic E-state index is 11.9. The summed E-state index contributed by atoms with van der Waals surface area (Å²) in [7, 11) is 0. The standard InChI is InChI=1S/C16H15BrN2O2/c1-10-3-6-13(7-4-10)18-15(20)16(21)19-14-8-5-12(17)9-11(14)2/h3-9H,1-2H3,(H,18,20)(H,19,21). The lowest BCUT2D eigenvalue weighted by Gasteiger charge is -2.09. The van der Waals surface area contributed by atoms with Gasteiger partial charge in [0, 0.05) is 15.8 Å². The van der Waals surface area contributed by atoms with Crippen molar-refractivity contribution in [3.63, 3.8) is 0 Å². The number of rotatable bonds is 2. The van der Waals surface area contributed by atoms with Gasteiger partial charge < -0.3 is 10.6 Å². The number of aryl methyl sites for hydroxylation is 2. The zero-order valence-electron chi connectivity index (χ0n) is 11.7. The van der Waals surface area contributed by atoms with E-state index in [1.54, 1.807) is 24.3 Å². The molecule has 4 nitrogen and oxygen atoms in total. The molecule has 2 amide bonds. The minimum absolute atomic E-state index is 0.591. The van der Waals surface area contributed by atoms with Crippen LogP contribution in [0.4, 0.5) is 11.4 Å². The zero-order chi connectivity index (χ0) is 15.4. The van der Waals surface area contributed by atoms with E-state index in [1.165, 1.54) is 0 Å². The van der Waals surface area contributed by atoms with Gasteiger partial charge in [-0.25, -0.2) is 0 Å². The molecule has 2 aromatic rings. The van der Waals surface area contributed by atoms with Gasteiger partial charge in [-0.05, 0) is 49.7 Å². The number of carbonyl (C=O) groups is 2. The molecule has 0 radical (unpaired) electrons. The first-order valence-corrected chi connectivity index (χ1v) is 7.20. The molecule has 0 unspecified atom stereocenters. The molecule has 2 rings (SSSR count). The van der Waals surface area contributed by atoms with E-state index in [2.05, 4.69) is 26.6 Å². The molecule has 0 saturated heterocycles. The number of carbonyl (C=O) groups excluding carboxylic acids is 2. The normalized spacial score (nSPS) is 10.0. The molecule has 2 aromatic carbocycles. The van der Waals surface area contributed by atoms with Crippen molar-refractivity contribution in [2.75, 3.05) is 10.6 Å². The molecule has 5 heteroatoms. The molecule has 0 aliphatic rings. The van der Waals surface area contributed by atoms with Crippen LogP contribution in [0.1, 0.15) is 11.1 Å². The number of amides is 2. The monoisotopic (exact) mass is 346 g/mol. The zero-order valence-corrected chi connectivity index (χ0v) is 13.3. The van der Waals surface area contributed by atoms with Crippen LogP contribution in [0.15, 0.2) is 46.9 Å². The molecule has 0 fully saturated rings. The highest BCUT2D eigenvalue weighted by molar-refractivity contribution is 9.10. The van der Waals surface area contributed by atoms with Gasteiger partial charge in [0.25, 0.3) is 0 Å². The van der Waals surface area contributed by atoms with Crippen LogP contribution in [-0.4, -0.2) is 11.8 Å². The van der Waals surface area contributed by atoms with Crippen LogP contribution in [-0.2, 0) is 9.59 Å². The van der Waals surface area contributed by atoms with Crippen molar-refractivity contribution in [2.24, 2.45) is 0 Å². The Kier molecular flexibility index (Phi) is 4.75. The van der Waals surface area contributed by atoms with Crippen molar-refractivity contribution in [1.29, 1.82) is 0 Å². The molecule has 0 atom stereocenters. The number of nitrogens with one attached hydrogen (secondary N) is 2. The van der Waals surface area contributed by atoms with Gasteiger partial charge in [0.05, 0.1) is 0 Å². The fourth-order valence-electron chi connectivity index (χ4n) is 1.77. The molecule has 2 N–H and O–H groups in total. The highest BCUT2D eigenvalue weighted by Gasteiger charge is 2.14. The number of hydrogen-bond acceptors (Lipinski definition) is 2. The third-order valence-electron chi connectivity index (χ3n) is 2.95. The molecule has 0 aliphatic carbocycles. The second-order valence-electron chi connectivity index (χ2n) is 4.73. The van der Waals surface area contributed by atoms with Crippen molar-refractivity contribution < 1.29 is 9.59 Å². The van der Waals surface area contributed by atoms with E-state index in [-0.39, 0.29) is 0 Å². The largest absolute Gasteiger partial charge is 0.318 e. The Morgan fingerprint density at radius 2 is 1.52 bits per heavy atom. The predicted octanol–water partition coefficient (Wildman–Crippen LogP) is 3.64. The van der Waals surface area contributed by atoms with E-state index >= 15 is 0 Å². The summed E-state index contributed by atoms with van der Waals surface area (Å²) in [5.74, 6) is -1.39. The van der Waals surface area contributed by atoms with E-state index in [0.717, 1.165) is 15.6 Å². The molecular formula is C16H15BrN2O2. The topological polar surface area (TPSA) is 58.2 Å². The van der Waals surface area contributed by atoms with E-state index in [4.69, 9.17) is 0 Å². The lowest BCUT2D eigenvalue weighted by Crippen LogP contribution is -2.29. The Morgan fingerprint density at radius 3 is 2.14 bits per heavy atom. The average molecular weight is 347 g/mol. The van der Waals surface area contributed by atoms with Crippen LogP contribution in [0.5, 0.6) is 0 Å². The van der Waals surface area contributed by atoms with E-state index < -0.39 is 11.8 Å². The fraction of sp³-hybridized carbons (Fsp3) is 0.125. The van der Waals surface area contributed by atoms with Gasteiger partial charge in [-0.2, -0.15) is 0 Å². The number of anilines is 2. The van der Waals surface area contributed by atoms with Gasteiger partial charge in [-0.3, -0.25) is 9.59 Å². The van der Waals surface area contributed by atoms with Gasteiger partial charge in [0.2, 0.25) is 0 Å². The highest BCUT2D eigenvalue weighted by Crippen LogP contribution is 2.20. The first-order chi connectivity index (χ1) is 9.95. The Labute approximate surface area is 131 Å². The first-order valence-electron chi connectivity index (χ1n) is 6.41. The molecule has 0 heterocycles. The van der Waals surface area contributed by atoms with E-state index in [9.17, 15) is 9.59 Å². The molecule has 0 aliphatic heterocycles. The van der Waals surface area contributed by atoms with Gasteiger partial charge in [0.1, 0.15) is 0 Å². The van der Waals surface area contributed by atoms with Crippen LogP contribution in [0.3, 0.4) is 0 Å². The molecular weight excluding hydrogens is 332 g/mol. The Hall–Kier alpha value is -2.14. The third kappa shape index (κ3) is 4.16. The van der Waals surface area contributed by atoms with Gasteiger partial charge in [0.15, 0.2) is 0 Å². The van der Waals surface area contributed by atoms with Crippen LogP contribution >= 0.6 is 15.9 Å². The van der Waals surface area contributed by atoms with Gasteiger partial charge in [-0.1, -0.05) is 33.6 Å². The first kappa shape index (κ1) is 15.3. The van der Waals surface area contributed by atoms with Crippen molar-refractivity contribution in [3.8, 4) is 0 Å². The molecule has 21 heavy (non-hydrogen) atoms. The Balaban J connectivity index is 2.02. The summed E-state index contributed by atoms with van der Waals surface area (Å²) in [5.41, 5.74) is 3.17. The van der Waals surface area contributed by atoms with Crippen molar-refractivity contribution in [2.45, 2.75) is 13.8 Å². The van der Waals surface area contributed by atoms with Crippen LogP contribution in [0.25, 0.3) is 0 Å². The molecule has 108 valence electrons. The smallest absolute Gasteiger partial charge is 0.314 e. The quantitative estimate of drug-likeness (QED) is 0.815. The molecule has 0 aromatic heterocycles. The Bertz CT molecular complexity index is 681. The summed E-state index contributed by atoms with van der Waals surface area (Å²) >= 11 is 3.35. The van der Waals surface area contributed by atoms with Gasteiger partial charge in [-0.15, -0.1) is 0 Å². The van der Waals surface area contributed by atoms with Crippen LogP contribution in [0.2, 0.25) is 0 Å². The number of halogens is 1. The van der Waals surface area contributed by atoms with Crippen molar-refractivity contribution in [1.82, 2.24) is 0 Å². The fourth-order valence-corrected chi connectivity index (χ4v) is 2.25. The minimum Gasteiger partial charge on any atom is -0.318 e. The average Bonchev–Trinajstić information content (AvgIpc) is 2.44. The second-order valence-corrected chi connectivity index (χ2v) is 5.65. The maximum absolute atomic E-state index is 11.9. The molecule has 0 bridgehead atoms. The van der Waals surface area contributed by atoms with Gasteiger partial charge >= 0.3 is 11.8 Å².